The van der Waals surface area contributed by atoms with Crippen LogP contribution in [0.25, 0.3) is 0 Å². The van der Waals surface area contributed by atoms with Gasteiger partial charge in [-0.15, -0.1) is 0 Å². The van der Waals surface area contributed by atoms with Crippen molar-refractivity contribution in [2.75, 3.05) is 0 Å². The standard InChI is InChI=1S/C8H14N2/c1-8(10)4-2-7(6-9)3-5-8/h7H,2-5,10H2,1H3. The highest BCUT2D eigenvalue weighted by molar-refractivity contribution is 4.93. The average Bonchev–Trinajstić information content (AvgIpc) is 1.88. The van der Waals surface area contributed by atoms with E-state index in [2.05, 4.69) is 13.0 Å². The minimum Gasteiger partial charge on any atom is -0.325 e. The molecule has 1 aliphatic carbocycles. The molecule has 0 heterocycles. The van der Waals surface area contributed by atoms with E-state index in [0.29, 0.717) is 0 Å². The van der Waals surface area contributed by atoms with E-state index in [1.807, 2.05) is 0 Å². The van der Waals surface area contributed by atoms with Crippen LogP contribution in [0.5, 0.6) is 0 Å². The Bertz CT molecular complexity index is 145. The second-order valence-corrected chi connectivity index (χ2v) is 3.56. The van der Waals surface area contributed by atoms with Gasteiger partial charge in [0.05, 0.1) is 6.07 Å². The van der Waals surface area contributed by atoms with Crippen molar-refractivity contribution in [2.45, 2.75) is 38.1 Å². The lowest BCUT2D eigenvalue weighted by Gasteiger charge is -2.31. The third-order valence-electron chi connectivity index (χ3n) is 2.31. The Labute approximate surface area is 62.0 Å². The van der Waals surface area contributed by atoms with E-state index in [1.54, 1.807) is 0 Å². The van der Waals surface area contributed by atoms with E-state index in [4.69, 9.17) is 11.0 Å². The molecule has 1 saturated carbocycles. The van der Waals surface area contributed by atoms with Gasteiger partial charge in [0.1, 0.15) is 0 Å². The Morgan fingerprint density at radius 1 is 1.50 bits per heavy atom. The van der Waals surface area contributed by atoms with Crippen molar-refractivity contribution in [2.24, 2.45) is 11.7 Å². The molecule has 0 aromatic carbocycles. The van der Waals surface area contributed by atoms with Gasteiger partial charge in [0, 0.05) is 11.5 Å². The molecule has 2 nitrogen and oxygen atoms in total. The lowest BCUT2D eigenvalue weighted by Crippen LogP contribution is -2.39. The Hall–Kier alpha value is -0.550. The maximum Gasteiger partial charge on any atom is 0.0655 e. The number of hydrogen-bond acceptors (Lipinski definition) is 2. The summed E-state index contributed by atoms with van der Waals surface area (Å²) in [6.07, 6.45) is 3.99. The van der Waals surface area contributed by atoms with Gasteiger partial charge in [0.2, 0.25) is 0 Å². The molecule has 0 unspecified atom stereocenters. The Balaban J connectivity index is 2.40. The molecule has 0 aliphatic heterocycles. The van der Waals surface area contributed by atoms with E-state index >= 15 is 0 Å². The van der Waals surface area contributed by atoms with Crippen LogP contribution in [0.2, 0.25) is 0 Å². The first kappa shape index (κ1) is 7.56. The molecule has 0 saturated heterocycles. The van der Waals surface area contributed by atoms with Crippen LogP contribution >= 0.6 is 0 Å². The van der Waals surface area contributed by atoms with Crippen molar-refractivity contribution in [3.8, 4) is 6.07 Å². The summed E-state index contributed by atoms with van der Waals surface area (Å²) in [4.78, 5) is 0. The van der Waals surface area contributed by atoms with Gasteiger partial charge >= 0.3 is 0 Å². The first-order valence-electron chi connectivity index (χ1n) is 3.82. The molecule has 2 heteroatoms. The molecule has 0 spiro atoms. The first-order chi connectivity index (χ1) is 4.64. The van der Waals surface area contributed by atoms with Gasteiger partial charge in [-0.3, -0.25) is 0 Å². The highest BCUT2D eigenvalue weighted by Crippen LogP contribution is 2.29. The quantitative estimate of drug-likeness (QED) is 0.550. The molecule has 1 aliphatic rings. The van der Waals surface area contributed by atoms with Crippen molar-refractivity contribution in [1.82, 2.24) is 0 Å². The number of rotatable bonds is 0. The van der Waals surface area contributed by atoms with E-state index in [9.17, 15) is 0 Å². The fraction of sp³-hybridized carbons (Fsp3) is 0.875. The smallest absolute Gasteiger partial charge is 0.0655 e. The van der Waals surface area contributed by atoms with Crippen LogP contribution in [0.3, 0.4) is 0 Å². The SMILES string of the molecule is CC1(N)CCC(C#N)CC1. The molecule has 2 N–H and O–H groups in total. The monoisotopic (exact) mass is 138 g/mol. The average molecular weight is 138 g/mol. The second kappa shape index (κ2) is 2.59. The van der Waals surface area contributed by atoms with Gasteiger partial charge in [-0.2, -0.15) is 5.26 Å². The molecule has 0 radical (unpaired) electrons. The van der Waals surface area contributed by atoms with Gasteiger partial charge in [-0.05, 0) is 32.6 Å². The molecule has 0 bridgehead atoms. The Morgan fingerprint density at radius 2 is 2.00 bits per heavy atom. The van der Waals surface area contributed by atoms with Crippen molar-refractivity contribution in [1.29, 1.82) is 5.26 Å². The summed E-state index contributed by atoms with van der Waals surface area (Å²) in [5, 5.41) is 8.57. The summed E-state index contributed by atoms with van der Waals surface area (Å²) in [5.41, 5.74) is 5.89. The normalized spacial score (nSPS) is 40.7. The van der Waals surface area contributed by atoms with Gasteiger partial charge in [0.15, 0.2) is 0 Å². The molecule has 56 valence electrons. The summed E-state index contributed by atoms with van der Waals surface area (Å²) >= 11 is 0. The van der Waals surface area contributed by atoms with Crippen molar-refractivity contribution >= 4 is 0 Å². The van der Waals surface area contributed by atoms with Crippen LogP contribution in [-0.4, -0.2) is 5.54 Å². The fourth-order valence-electron chi connectivity index (χ4n) is 1.41. The third-order valence-corrected chi connectivity index (χ3v) is 2.31. The molecule has 0 aromatic rings. The van der Waals surface area contributed by atoms with Gasteiger partial charge in [-0.25, -0.2) is 0 Å². The zero-order chi connectivity index (χ0) is 7.61. The zero-order valence-corrected chi connectivity index (χ0v) is 6.43. The lowest BCUT2D eigenvalue weighted by molar-refractivity contribution is 0.285. The van der Waals surface area contributed by atoms with Crippen LogP contribution in [0, 0.1) is 17.2 Å². The van der Waals surface area contributed by atoms with Crippen molar-refractivity contribution in [3.05, 3.63) is 0 Å². The highest BCUT2D eigenvalue weighted by atomic mass is 14.7. The number of hydrogen-bond donors (Lipinski definition) is 1. The van der Waals surface area contributed by atoms with Crippen LogP contribution in [-0.2, 0) is 0 Å². The topological polar surface area (TPSA) is 49.8 Å². The summed E-state index contributed by atoms with van der Waals surface area (Å²) in [6, 6.07) is 2.29. The number of nitrogens with zero attached hydrogens (tertiary/aromatic N) is 1. The fourth-order valence-corrected chi connectivity index (χ4v) is 1.41. The maximum atomic E-state index is 8.57. The third kappa shape index (κ3) is 1.71. The molecular formula is C8H14N2. The summed E-state index contributed by atoms with van der Waals surface area (Å²) < 4.78 is 0. The summed E-state index contributed by atoms with van der Waals surface area (Å²) in [6.45, 7) is 2.07. The van der Waals surface area contributed by atoms with Crippen molar-refractivity contribution in [3.63, 3.8) is 0 Å². The molecule has 1 rings (SSSR count). The van der Waals surface area contributed by atoms with Crippen molar-refractivity contribution < 1.29 is 0 Å². The van der Waals surface area contributed by atoms with Gasteiger partial charge in [0.25, 0.3) is 0 Å². The predicted octanol–water partition coefficient (Wildman–Crippen LogP) is 1.42. The molecule has 1 fully saturated rings. The van der Waals surface area contributed by atoms with Crippen LogP contribution in [0.1, 0.15) is 32.6 Å². The van der Waals surface area contributed by atoms with Crippen LogP contribution in [0.15, 0.2) is 0 Å². The molecule has 10 heavy (non-hydrogen) atoms. The Morgan fingerprint density at radius 3 is 2.40 bits per heavy atom. The lowest BCUT2D eigenvalue weighted by atomic mass is 9.79. The highest BCUT2D eigenvalue weighted by Gasteiger charge is 2.26. The molecule has 0 aromatic heterocycles. The zero-order valence-electron chi connectivity index (χ0n) is 6.43. The van der Waals surface area contributed by atoms with Gasteiger partial charge in [-0.1, -0.05) is 0 Å². The minimum absolute atomic E-state index is 0.00729. The number of nitriles is 1. The summed E-state index contributed by atoms with van der Waals surface area (Å²) in [5.74, 6) is 0.275. The van der Waals surface area contributed by atoms with E-state index in [-0.39, 0.29) is 11.5 Å². The van der Waals surface area contributed by atoms with E-state index < -0.39 is 0 Å². The molecular weight excluding hydrogens is 124 g/mol. The van der Waals surface area contributed by atoms with Gasteiger partial charge < -0.3 is 5.73 Å². The predicted molar refractivity (Wildman–Crippen MR) is 40.2 cm³/mol. The Kier molecular flexibility index (Phi) is 1.96. The maximum absolute atomic E-state index is 8.57. The number of nitrogens with two attached hydrogens (primary N) is 1. The second-order valence-electron chi connectivity index (χ2n) is 3.56. The molecule has 0 atom stereocenters. The largest absolute Gasteiger partial charge is 0.325 e. The first-order valence-corrected chi connectivity index (χ1v) is 3.82. The molecule has 0 amide bonds. The van der Waals surface area contributed by atoms with Crippen LogP contribution < -0.4 is 5.73 Å². The van der Waals surface area contributed by atoms with E-state index in [0.717, 1.165) is 25.7 Å². The van der Waals surface area contributed by atoms with E-state index in [1.165, 1.54) is 0 Å². The van der Waals surface area contributed by atoms with Crippen LogP contribution in [0.4, 0.5) is 0 Å². The minimum atomic E-state index is 0.00729. The summed E-state index contributed by atoms with van der Waals surface area (Å²) in [7, 11) is 0.